The molecule has 106 valence electrons. The molecule has 1 N–H and O–H groups in total. The summed E-state index contributed by atoms with van der Waals surface area (Å²) in [5, 5.41) is 0. The first-order valence-electron chi connectivity index (χ1n) is 5.54. The lowest BCUT2D eigenvalue weighted by Gasteiger charge is -2.10. The zero-order valence-corrected chi connectivity index (χ0v) is 15.2. The average molecular weight is 437 g/mol. The van der Waals surface area contributed by atoms with Crippen LogP contribution >= 0.6 is 43.6 Å². The summed E-state index contributed by atoms with van der Waals surface area (Å²) in [6.07, 6.45) is 1.97. The number of thioether (sulfide) groups is 1. The summed E-state index contributed by atoms with van der Waals surface area (Å²) < 4.78 is 28.5. The molecule has 0 aromatic heterocycles. The molecule has 0 saturated carbocycles. The zero-order chi connectivity index (χ0) is 14.8. The first-order valence-corrected chi connectivity index (χ1v) is 9.84. The van der Waals surface area contributed by atoms with E-state index in [0.717, 1.165) is 4.90 Å². The third-order valence-electron chi connectivity index (χ3n) is 2.53. The van der Waals surface area contributed by atoms with E-state index in [1.807, 2.05) is 18.4 Å². The van der Waals surface area contributed by atoms with E-state index < -0.39 is 10.0 Å². The minimum Gasteiger partial charge on any atom is -0.280 e. The lowest BCUT2D eigenvalue weighted by Crippen LogP contribution is -2.13. The molecule has 7 heteroatoms. The zero-order valence-electron chi connectivity index (χ0n) is 10.4. The van der Waals surface area contributed by atoms with Gasteiger partial charge in [0, 0.05) is 19.5 Å². The normalized spacial score (nSPS) is 11.3. The predicted molar refractivity (Wildman–Crippen MR) is 90.9 cm³/mol. The topological polar surface area (TPSA) is 46.2 Å². The fourth-order valence-corrected chi connectivity index (χ4v) is 4.52. The molecule has 0 amide bonds. The van der Waals surface area contributed by atoms with Crippen molar-refractivity contribution in [2.45, 2.75) is 9.79 Å². The number of anilines is 1. The van der Waals surface area contributed by atoms with E-state index in [-0.39, 0.29) is 4.90 Å². The predicted octanol–water partition coefficient (Wildman–Crippen LogP) is 4.73. The van der Waals surface area contributed by atoms with Crippen LogP contribution in [0.15, 0.2) is 61.2 Å². The van der Waals surface area contributed by atoms with Crippen molar-refractivity contribution >= 4 is 59.3 Å². The SMILES string of the molecule is CSc1ccc(NS(=O)(=O)c2cc(Br)ccc2Br)cc1. The van der Waals surface area contributed by atoms with Gasteiger partial charge in [-0.05, 0) is 64.7 Å². The molecular weight excluding hydrogens is 426 g/mol. The number of hydrogen-bond acceptors (Lipinski definition) is 3. The minimum atomic E-state index is -3.62. The Morgan fingerprint density at radius 3 is 2.30 bits per heavy atom. The maximum absolute atomic E-state index is 12.4. The lowest BCUT2D eigenvalue weighted by molar-refractivity contribution is 0.600. The van der Waals surface area contributed by atoms with Gasteiger partial charge in [-0.2, -0.15) is 0 Å². The van der Waals surface area contributed by atoms with E-state index in [2.05, 4.69) is 36.6 Å². The first-order chi connectivity index (χ1) is 9.42. The molecule has 0 atom stereocenters. The summed E-state index contributed by atoms with van der Waals surface area (Å²) in [6.45, 7) is 0. The number of nitrogens with one attached hydrogen (secondary N) is 1. The highest BCUT2D eigenvalue weighted by Crippen LogP contribution is 2.27. The van der Waals surface area contributed by atoms with Gasteiger partial charge in [0.2, 0.25) is 0 Å². The van der Waals surface area contributed by atoms with Crippen molar-refractivity contribution in [1.29, 1.82) is 0 Å². The highest BCUT2D eigenvalue weighted by molar-refractivity contribution is 9.11. The molecule has 0 fully saturated rings. The summed E-state index contributed by atoms with van der Waals surface area (Å²) >= 11 is 8.14. The molecule has 2 aromatic carbocycles. The van der Waals surface area contributed by atoms with Gasteiger partial charge in [-0.1, -0.05) is 15.9 Å². The molecule has 20 heavy (non-hydrogen) atoms. The monoisotopic (exact) mass is 435 g/mol. The van der Waals surface area contributed by atoms with E-state index >= 15 is 0 Å². The summed E-state index contributed by atoms with van der Waals surface area (Å²) in [6, 6.07) is 12.3. The van der Waals surface area contributed by atoms with Crippen LogP contribution in [0.1, 0.15) is 0 Å². The van der Waals surface area contributed by atoms with Crippen LogP contribution in [0.5, 0.6) is 0 Å². The Morgan fingerprint density at radius 1 is 1.05 bits per heavy atom. The van der Waals surface area contributed by atoms with Crippen molar-refractivity contribution in [2.24, 2.45) is 0 Å². The second-order valence-electron chi connectivity index (χ2n) is 3.91. The van der Waals surface area contributed by atoms with Crippen molar-refractivity contribution < 1.29 is 8.42 Å². The van der Waals surface area contributed by atoms with Crippen molar-refractivity contribution in [2.75, 3.05) is 11.0 Å². The van der Waals surface area contributed by atoms with Crippen LogP contribution in [-0.2, 0) is 10.0 Å². The van der Waals surface area contributed by atoms with E-state index in [0.29, 0.717) is 14.6 Å². The number of benzene rings is 2. The highest BCUT2D eigenvalue weighted by Gasteiger charge is 2.18. The molecule has 0 spiro atoms. The Kier molecular flexibility index (Phi) is 5.17. The quantitative estimate of drug-likeness (QED) is 0.704. The maximum atomic E-state index is 12.4. The molecule has 0 aliphatic heterocycles. The van der Waals surface area contributed by atoms with E-state index in [9.17, 15) is 8.42 Å². The van der Waals surface area contributed by atoms with Crippen molar-refractivity contribution in [3.8, 4) is 0 Å². The Balaban J connectivity index is 2.32. The molecule has 2 aromatic rings. The number of halogens is 2. The van der Waals surface area contributed by atoms with E-state index in [1.165, 1.54) is 0 Å². The van der Waals surface area contributed by atoms with Crippen LogP contribution in [0.3, 0.4) is 0 Å². The summed E-state index contributed by atoms with van der Waals surface area (Å²) in [7, 11) is -3.62. The van der Waals surface area contributed by atoms with Crippen LogP contribution in [0.2, 0.25) is 0 Å². The van der Waals surface area contributed by atoms with Gasteiger partial charge in [-0.15, -0.1) is 11.8 Å². The van der Waals surface area contributed by atoms with E-state index in [1.54, 1.807) is 42.1 Å². The van der Waals surface area contributed by atoms with Crippen molar-refractivity contribution in [3.05, 3.63) is 51.4 Å². The number of sulfonamides is 1. The van der Waals surface area contributed by atoms with Gasteiger partial charge in [0.15, 0.2) is 0 Å². The lowest BCUT2D eigenvalue weighted by atomic mass is 10.3. The minimum absolute atomic E-state index is 0.195. The van der Waals surface area contributed by atoms with Gasteiger partial charge < -0.3 is 0 Å². The van der Waals surface area contributed by atoms with Crippen LogP contribution < -0.4 is 4.72 Å². The third kappa shape index (κ3) is 3.78. The second kappa shape index (κ2) is 6.51. The Bertz CT molecular complexity index is 716. The van der Waals surface area contributed by atoms with Gasteiger partial charge in [0.05, 0.1) is 0 Å². The van der Waals surface area contributed by atoms with Crippen molar-refractivity contribution in [3.63, 3.8) is 0 Å². The first kappa shape index (κ1) is 15.9. The third-order valence-corrected chi connectivity index (χ3v) is 6.14. The Hall–Kier alpha value is -0.500. The molecule has 0 saturated heterocycles. The molecule has 0 unspecified atom stereocenters. The number of rotatable bonds is 4. The summed E-state index contributed by atoms with van der Waals surface area (Å²) in [5.74, 6) is 0. The van der Waals surface area contributed by atoms with Crippen LogP contribution in [0.4, 0.5) is 5.69 Å². The van der Waals surface area contributed by atoms with Gasteiger partial charge in [-0.3, -0.25) is 4.72 Å². The maximum Gasteiger partial charge on any atom is 0.263 e. The second-order valence-corrected chi connectivity index (χ2v) is 8.21. The van der Waals surface area contributed by atoms with E-state index in [4.69, 9.17) is 0 Å². The molecule has 3 nitrogen and oxygen atoms in total. The standard InChI is InChI=1S/C13H11Br2NO2S2/c1-19-11-5-3-10(4-6-11)16-20(17,18)13-8-9(14)2-7-12(13)15/h2-8,16H,1H3. The largest absolute Gasteiger partial charge is 0.280 e. The fraction of sp³-hybridized carbons (Fsp3) is 0.0769. The number of hydrogen-bond donors (Lipinski definition) is 1. The van der Waals surface area contributed by atoms with Crippen LogP contribution in [-0.4, -0.2) is 14.7 Å². The van der Waals surface area contributed by atoms with Gasteiger partial charge in [0.25, 0.3) is 10.0 Å². The smallest absolute Gasteiger partial charge is 0.263 e. The van der Waals surface area contributed by atoms with Gasteiger partial charge in [-0.25, -0.2) is 8.42 Å². The molecule has 0 radical (unpaired) electrons. The molecule has 0 bridgehead atoms. The van der Waals surface area contributed by atoms with Gasteiger partial charge >= 0.3 is 0 Å². The molecular formula is C13H11Br2NO2S2. The van der Waals surface area contributed by atoms with Gasteiger partial charge in [0.1, 0.15) is 4.90 Å². The summed E-state index contributed by atoms with van der Waals surface area (Å²) in [5.41, 5.74) is 0.537. The average Bonchev–Trinajstić information content (AvgIpc) is 2.42. The Labute approximate surface area is 139 Å². The molecule has 0 aliphatic rings. The highest BCUT2D eigenvalue weighted by atomic mass is 79.9. The van der Waals surface area contributed by atoms with Crippen LogP contribution in [0.25, 0.3) is 0 Å². The fourth-order valence-electron chi connectivity index (χ4n) is 1.55. The molecule has 2 rings (SSSR count). The van der Waals surface area contributed by atoms with Crippen molar-refractivity contribution in [1.82, 2.24) is 0 Å². The van der Waals surface area contributed by atoms with Crippen LogP contribution in [0, 0.1) is 0 Å². The molecule has 0 heterocycles. The molecule has 0 aliphatic carbocycles. The Morgan fingerprint density at radius 2 is 1.70 bits per heavy atom. The summed E-state index contributed by atoms with van der Waals surface area (Å²) in [4.78, 5) is 1.28.